The number of benzene rings is 1. The summed E-state index contributed by atoms with van der Waals surface area (Å²) in [5, 5.41) is 12.7. The SMILES string of the molecule is CCCCC(CCC)(C[C@@H](C)CCN1CCN(c2ccc(F)cc2)CC1)C(=O)O.CCOC=O.CNCC(C)=O. The van der Waals surface area contributed by atoms with Gasteiger partial charge in [-0.2, -0.15) is 0 Å². The first-order chi connectivity index (χ1) is 19.1. The van der Waals surface area contributed by atoms with E-state index in [0.717, 1.165) is 83.4 Å². The van der Waals surface area contributed by atoms with E-state index in [0.29, 0.717) is 25.5 Å². The number of hydrogen-bond acceptors (Lipinski definition) is 7. The van der Waals surface area contributed by atoms with Gasteiger partial charge in [0, 0.05) is 31.9 Å². The number of carbonyl (C=O) groups is 3. The van der Waals surface area contributed by atoms with E-state index in [1.54, 1.807) is 20.9 Å². The molecule has 1 aliphatic heterocycles. The average molecular weight is 568 g/mol. The van der Waals surface area contributed by atoms with Gasteiger partial charge in [0.25, 0.3) is 6.47 Å². The lowest BCUT2D eigenvalue weighted by Crippen LogP contribution is -2.47. The lowest BCUT2D eigenvalue weighted by Gasteiger charge is -2.37. The highest BCUT2D eigenvalue weighted by atomic mass is 19.1. The molecule has 0 aliphatic carbocycles. The lowest BCUT2D eigenvalue weighted by atomic mass is 9.72. The number of Topliss-reactive ketones (excluding diaryl/α,β-unsaturated/α-hetero) is 1. The van der Waals surface area contributed by atoms with Crippen LogP contribution in [0.5, 0.6) is 0 Å². The molecule has 0 spiro atoms. The predicted molar refractivity (Wildman–Crippen MR) is 160 cm³/mol. The molecule has 40 heavy (non-hydrogen) atoms. The van der Waals surface area contributed by atoms with Crippen LogP contribution in [0.25, 0.3) is 0 Å². The fourth-order valence-corrected chi connectivity index (χ4v) is 4.99. The number of ether oxygens (including phenoxy) is 1. The predicted octanol–water partition coefficient (Wildman–Crippen LogP) is 5.40. The summed E-state index contributed by atoms with van der Waals surface area (Å²) >= 11 is 0. The second kappa shape index (κ2) is 22.2. The number of carbonyl (C=O) groups excluding carboxylic acids is 2. The summed E-state index contributed by atoms with van der Waals surface area (Å²) in [4.78, 5) is 36.1. The van der Waals surface area contributed by atoms with Crippen molar-refractivity contribution in [3.8, 4) is 0 Å². The highest BCUT2D eigenvalue weighted by Gasteiger charge is 2.38. The van der Waals surface area contributed by atoms with Crippen LogP contribution in [-0.4, -0.2) is 81.2 Å². The summed E-state index contributed by atoms with van der Waals surface area (Å²) in [6.45, 7) is 16.1. The van der Waals surface area contributed by atoms with E-state index >= 15 is 0 Å². The molecule has 2 rings (SSSR count). The lowest BCUT2D eigenvalue weighted by molar-refractivity contribution is -0.151. The minimum atomic E-state index is -0.604. The number of carboxylic acid groups (broad SMARTS) is 1. The van der Waals surface area contributed by atoms with Gasteiger partial charge >= 0.3 is 5.97 Å². The fourth-order valence-electron chi connectivity index (χ4n) is 4.99. The number of halogens is 1. The maximum absolute atomic E-state index is 13.1. The first-order valence-corrected chi connectivity index (χ1v) is 14.7. The molecule has 2 N–H and O–H groups in total. The van der Waals surface area contributed by atoms with E-state index < -0.39 is 11.4 Å². The summed E-state index contributed by atoms with van der Waals surface area (Å²) in [7, 11) is 1.75. The molecule has 1 aliphatic rings. The van der Waals surface area contributed by atoms with Crippen LogP contribution in [0.3, 0.4) is 0 Å². The summed E-state index contributed by atoms with van der Waals surface area (Å²) in [6, 6.07) is 6.74. The van der Waals surface area contributed by atoms with Crippen LogP contribution in [-0.2, 0) is 19.1 Å². The summed E-state index contributed by atoms with van der Waals surface area (Å²) in [5.74, 6) is -0.212. The molecule has 0 aromatic heterocycles. The van der Waals surface area contributed by atoms with Gasteiger partial charge in [0.05, 0.1) is 18.6 Å². The Bertz CT molecular complexity index is 816. The molecule has 8 nitrogen and oxygen atoms in total. The molecule has 1 unspecified atom stereocenters. The Morgan fingerprint density at radius 1 is 1.10 bits per heavy atom. The third-order valence-electron chi connectivity index (χ3n) is 7.09. The maximum atomic E-state index is 13.1. The van der Waals surface area contributed by atoms with Gasteiger partial charge in [-0.15, -0.1) is 0 Å². The van der Waals surface area contributed by atoms with Gasteiger partial charge in [0.1, 0.15) is 11.6 Å². The number of piperazine rings is 1. The molecular formula is C31H54FN3O5. The molecule has 2 atom stereocenters. The van der Waals surface area contributed by atoms with E-state index in [-0.39, 0.29) is 11.6 Å². The monoisotopic (exact) mass is 567 g/mol. The topological polar surface area (TPSA) is 99.2 Å². The molecule has 0 bridgehead atoms. The van der Waals surface area contributed by atoms with Crippen molar-refractivity contribution in [2.75, 3.05) is 57.8 Å². The van der Waals surface area contributed by atoms with Crippen molar-refractivity contribution >= 4 is 23.9 Å². The number of ketones is 1. The van der Waals surface area contributed by atoms with E-state index in [9.17, 15) is 23.9 Å². The molecule has 0 saturated carbocycles. The molecule has 9 heteroatoms. The molecule has 1 saturated heterocycles. The zero-order valence-electron chi connectivity index (χ0n) is 25.7. The highest BCUT2D eigenvalue weighted by Crippen LogP contribution is 2.38. The van der Waals surface area contributed by atoms with Gasteiger partial charge < -0.3 is 20.1 Å². The zero-order chi connectivity index (χ0) is 30.4. The van der Waals surface area contributed by atoms with Crippen molar-refractivity contribution in [2.45, 2.75) is 79.6 Å². The molecule has 0 radical (unpaired) electrons. The van der Waals surface area contributed by atoms with Crippen molar-refractivity contribution in [3.05, 3.63) is 30.1 Å². The minimum absolute atomic E-state index is 0.178. The Balaban J connectivity index is 0.00000117. The number of hydrogen-bond donors (Lipinski definition) is 2. The van der Waals surface area contributed by atoms with E-state index in [4.69, 9.17) is 0 Å². The van der Waals surface area contributed by atoms with E-state index in [1.807, 2.05) is 12.1 Å². The van der Waals surface area contributed by atoms with Crippen LogP contribution in [0.2, 0.25) is 0 Å². The smallest absolute Gasteiger partial charge is 0.309 e. The number of likely N-dealkylation sites (N-methyl/N-ethyl adjacent to an activating group) is 1. The maximum Gasteiger partial charge on any atom is 0.309 e. The Hall–Kier alpha value is -2.52. The minimum Gasteiger partial charge on any atom is -0.481 e. The van der Waals surface area contributed by atoms with Gasteiger partial charge in [-0.1, -0.05) is 40.0 Å². The van der Waals surface area contributed by atoms with Crippen LogP contribution >= 0.6 is 0 Å². The number of nitrogens with one attached hydrogen (secondary N) is 1. The van der Waals surface area contributed by atoms with Crippen LogP contribution in [0.15, 0.2) is 24.3 Å². The van der Waals surface area contributed by atoms with Crippen LogP contribution < -0.4 is 10.2 Å². The van der Waals surface area contributed by atoms with Gasteiger partial charge in [-0.3, -0.25) is 19.3 Å². The van der Waals surface area contributed by atoms with Gasteiger partial charge in [-0.05, 0) is 83.3 Å². The third kappa shape index (κ3) is 15.9. The number of rotatable bonds is 16. The molecule has 1 heterocycles. The first-order valence-electron chi connectivity index (χ1n) is 14.7. The summed E-state index contributed by atoms with van der Waals surface area (Å²) in [5.41, 5.74) is 0.534. The second-order valence-corrected chi connectivity index (χ2v) is 10.6. The number of nitrogens with zero attached hydrogens (tertiary/aromatic N) is 2. The number of unbranched alkanes of at least 4 members (excludes halogenated alkanes) is 1. The normalized spacial score (nSPS) is 15.4. The highest BCUT2D eigenvalue weighted by molar-refractivity contribution is 5.77. The van der Waals surface area contributed by atoms with Crippen molar-refractivity contribution < 1.29 is 28.6 Å². The van der Waals surface area contributed by atoms with Crippen LogP contribution in [0.4, 0.5) is 10.1 Å². The van der Waals surface area contributed by atoms with Crippen LogP contribution in [0, 0.1) is 17.2 Å². The molecule has 1 aromatic carbocycles. The van der Waals surface area contributed by atoms with Crippen molar-refractivity contribution in [1.82, 2.24) is 10.2 Å². The zero-order valence-corrected chi connectivity index (χ0v) is 25.7. The standard InChI is InChI=1S/C24H39FN2O2.C4H9NO.C3H6O2/c1-4-6-13-24(12-5-2,23(28)29)19-20(3)11-14-26-15-17-27(18-16-26)22-9-7-21(25)8-10-22;1-4(6)3-5-2;1-2-5-3-4/h7-10,20H,4-6,11-19H2,1-3H3,(H,28,29);5H,3H2,1-2H3;3H,2H2,1H3/t20-,24?;;/m0../s1. The molecular weight excluding hydrogens is 513 g/mol. The van der Waals surface area contributed by atoms with Gasteiger partial charge in [0.15, 0.2) is 0 Å². The first kappa shape index (κ1) is 37.5. The molecule has 230 valence electrons. The number of aliphatic carboxylic acids is 1. The average Bonchev–Trinajstić information content (AvgIpc) is 2.92. The summed E-state index contributed by atoms with van der Waals surface area (Å²) < 4.78 is 17.3. The molecule has 1 fully saturated rings. The number of carboxylic acids is 1. The molecule has 0 amide bonds. The van der Waals surface area contributed by atoms with Gasteiger partial charge in [0.2, 0.25) is 0 Å². The Kier molecular flexibility index (Phi) is 20.8. The fraction of sp³-hybridized carbons (Fsp3) is 0.710. The molecule has 1 aromatic rings. The van der Waals surface area contributed by atoms with Crippen molar-refractivity contribution in [1.29, 1.82) is 0 Å². The Morgan fingerprint density at radius 2 is 1.73 bits per heavy atom. The number of anilines is 1. The van der Waals surface area contributed by atoms with Crippen LogP contribution in [0.1, 0.15) is 79.6 Å². The quantitative estimate of drug-likeness (QED) is 0.256. The Morgan fingerprint density at radius 3 is 2.12 bits per heavy atom. The summed E-state index contributed by atoms with van der Waals surface area (Å²) in [6.07, 6.45) is 6.37. The van der Waals surface area contributed by atoms with Crippen molar-refractivity contribution in [2.24, 2.45) is 11.3 Å². The largest absolute Gasteiger partial charge is 0.481 e. The Labute approximate surface area is 241 Å². The van der Waals surface area contributed by atoms with E-state index in [1.165, 1.54) is 12.1 Å². The van der Waals surface area contributed by atoms with Gasteiger partial charge in [-0.25, -0.2) is 4.39 Å². The van der Waals surface area contributed by atoms with Crippen molar-refractivity contribution in [3.63, 3.8) is 0 Å². The second-order valence-electron chi connectivity index (χ2n) is 10.6. The third-order valence-corrected chi connectivity index (χ3v) is 7.09. The van der Waals surface area contributed by atoms with E-state index in [2.05, 4.69) is 40.6 Å².